The molecule has 0 aromatic heterocycles. The second kappa shape index (κ2) is 3.79. The molecule has 20 heavy (non-hydrogen) atoms. The summed E-state index contributed by atoms with van der Waals surface area (Å²) in [7, 11) is 0. The van der Waals surface area contributed by atoms with Gasteiger partial charge in [0, 0.05) is 6.42 Å². The molecule has 2 heteroatoms. The molecule has 0 spiro atoms. The average Bonchev–Trinajstić information content (AvgIpc) is 2.91. The molecule has 4 fully saturated rings. The maximum atomic E-state index is 11.6. The third kappa shape index (κ3) is 1.38. The van der Waals surface area contributed by atoms with Gasteiger partial charge >= 0.3 is 0 Å². The Kier molecular flexibility index (Phi) is 2.20. The van der Waals surface area contributed by atoms with Crippen LogP contribution in [0, 0.1) is 23.7 Å². The van der Waals surface area contributed by atoms with Crippen LogP contribution < -0.4 is 4.74 Å². The standard InChI is InChI=1S/C18H22O2/c19-18(14-1-2-17-13(10-14)3-4-20-17)15-6-11-5-12(8-15)9-16(18)7-11/h1-2,10-12,15-16,19H,3-9H2. The van der Waals surface area contributed by atoms with E-state index in [-0.39, 0.29) is 0 Å². The number of ether oxygens (including phenoxy) is 1. The highest BCUT2D eigenvalue weighted by Gasteiger charge is 2.57. The van der Waals surface area contributed by atoms with Crippen LogP contribution in [0.25, 0.3) is 0 Å². The second-order valence-corrected chi connectivity index (χ2v) is 7.55. The maximum absolute atomic E-state index is 11.6. The average molecular weight is 270 g/mol. The number of hydrogen-bond donors (Lipinski definition) is 1. The molecule has 1 N–H and O–H groups in total. The van der Waals surface area contributed by atoms with Crippen molar-refractivity contribution in [1.82, 2.24) is 0 Å². The fourth-order valence-corrected chi connectivity index (χ4v) is 5.81. The molecule has 4 bridgehead atoms. The fourth-order valence-electron chi connectivity index (χ4n) is 5.81. The third-order valence-corrected chi connectivity index (χ3v) is 6.53. The minimum atomic E-state index is -0.551. The van der Waals surface area contributed by atoms with E-state index in [0.29, 0.717) is 11.8 Å². The Balaban J connectivity index is 1.59. The van der Waals surface area contributed by atoms with Crippen LogP contribution in [-0.2, 0) is 12.0 Å². The minimum Gasteiger partial charge on any atom is -0.493 e. The van der Waals surface area contributed by atoms with Crippen LogP contribution in [0.1, 0.15) is 43.2 Å². The normalized spacial score (nSPS) is 44.5. The molecule has 1 aromatic rings. The van der Waals surface area contributed by atoms with Crippen molar-refractivity contribution in [3.63, 3.8) is 0 Å². The predicted molar refractivity (Wildman–Crippen MR) is 76.6 cm³/mol. The lowest BCUT2D eigenvalue weighted by Crippen LogP contribution is -2.55. The number of benzene rings is 1. The number of aliphatic hydroxyl groups is 1. The Morgan fingerprint density at radius 2 is 1.70 bits per heavy atom. The van der Waals surface area contributed by atoms with Gasteiger partial charge in [-0.05, 0) is 79.0 Å². The van der Waals surface area contributed by atoms with Gasteiger partial charge in [0.05, 0.1) is 12.2 Å². The number of rotatable bonds is 1. The molecule has 0 atom stereocenters. The van der Waals surface area contributed by atoms with E-state index >= 15 is 0 Å². The lowest BCUT2D eigenvalue weighted by Gasteiger charge is -2.59. The van der Waals surface area contributed by atoms with Gasteiger partial charge < -0.3 is 9.84 Å². The van der Waals surface area contributed by atoms with Gasteiger partial charge in [0.1, 0.15) is 5.75 Å². The van der Waals surface area contributed by atoms with Crippen LogP contribution in [0.5, 0.6) is 5.75 Å². The molecule has 6 rings (SSSR count). The minimum absolute atomic E-state index is 0.499. The Labute approximate surface area is 120 Å². The summed E-state index contributed by atoms with van der Waals surface area (Å²) in [6.45, 7) is 0.800. The zero-order valence-corrected chi connectivity index (χ0v) is 11.8. The largest absolute Gasteiger partial charge is 0.493 e. The van der Waals surface area contributed by atoms with Gasteiger partial charge in [0.25, 0.3) is 0 Å². The van der Waals surface area contributed by atoms with E-state index in [9.17, 15) is 5.11 Å². The van der Waals surface area contributed by atoms with E-state index in [1.165, 1.54) is 43.2 Å². The van der Waals surface area contributed by atoms with E-state index in [4.69, 9.17) is 4.74 Å². The summed E-state index contributed by atoms with van der Waals surface area (Å²) in [4.78, 5) is 0. The monoisotopic (exact) mass is 270 g/mol. The van der Waals surface area contributed by atoms with E-state index in [2.05, 4.69) is 18.2 Å². The Morgan fingerprint density at radius 1 is 1.00 bits per heavy atom. The van der Waals surface area contributed by atoms with E-state index in [1.807, 2.05) is 0 Å². The van der Waals surface area contributed by atoms with Crippen molar-refractivity contribution in [2.24, 2.45) is 23.7 Å². The van der Waals surface area contributed by atoms with Gasteiger partial charge in [0.2, 0.25) is 0 Å². The van der Waals surface area contributed by atoms with Crippen molar-refractivity contribution in [2.45, 2.75) is 44.1 Å². The van der Waals surface area contributed by atoms with Crippen molar-refractivity contribution in [3.8, 4) is 5.75 Å². The summed E-state index contributed by atoms with van der Waals surface area (Å²) < 4.78 is 5.61. The molecule has 2 nitrogen and oxygen atoms in total. The summed E-state index contributed by atoms with van der Waals surface area (Å²) in [5.41, 5.74) is 1.92. The Bertz CT molecular complexity index is 535. The molecule has 1 aliphatic heterocycles. The molecule has 4 aliphatic carbocycles. The third-order valence-electron chi connectivity index (χ3n) is 6.53. The summed E-state index contributed by atoms with van der Waals surface area (Å²) in [5, 5.41) is 11.6. The summed E-state index contributed by atoms with van der Waals surface area (Å²) in [6, 6.07) is 6.46. The van der Waals surface area contributed by atoms with Crippen LogP contribution in [0.3, 0.4) is 0 Å². The van der Waals surface area contributed by atoms with Gasteiger partial charge in [-0.3, -0.25) is 0 Å². The summed E-state index contributed by atoms with van der Waals surface area (Å²) in [6.07, 6.45) is 7.42. The smallest absolute Gasteiger partial charge is 0.122 e. The first-order valence-corrected chi connectivity index (χ1v) is 8.22. The van der Waals surface area contributed by atoms with Gasteiger partial charge in [-0.15, -0.1) is 0 Å². The number of hydrogen-bond acceptors (Lipinski definition) is 2. The topological polar surface area (TPSA) is 29.5 Å². The zero-order valence-electron chi connectivity index (χ0n) is 11.8. The first-order valence-electron chi connectivity index (χ1n) is 8.22. The molecule has 1 aromatic carbocycles. The van der Waals surface area contributed by atoms with E-state index < -0.39 is 5.60 Å². The number of fused-ring (bicyclic) bond motifs is 1. The first kappa shape index (κ1) is 11.6. The van der Waals surface area contributed by atoms with Crippen molar-refractivity contribution < 1.29 is 9.84 Å². The van der Waals surface area contributed by atoms with Crippen molar-refractivity contribution >= 4 is 0 Å². The first-order chi connectivity index (χ1) is 9.73. The fraction of sp³-hybridized carbons (Fsp3) is 0.667. The lowest BCUT2D eigenvalue weighted by molar-refractivity contribution is -0.179. The van der Waals surface area contributed by atoms with Crippen LogP contribution in [-0.4, -0.2) is 11.7 Å². The molecule has 4 saturated carbocycles. The molecule has 0 saturated heterocycles. The Hall–Kier alpha value is -1.02. The highest BCUT2D eigenvalue weighted by Crippen LogP contribution is 2.61. The highest BCUT2D eigenvalue weighted by atomic mass is 16.5. The van der Waals surface area contributed by atoms with Crippen molar-refractivity contribution in [3.05, 3.63) is 29.3 Å². The second-order valence-electron chi connectivity index (χ2n) is 7.55. The van der Waals surface area contributed by atoms with E-state index in [0.717, 1.165) is 30.6 Å². The van der Waals surface area contributed by atoms with Crippen molar-refractivity contribution in [2.75, 3.05) is 6.61 Å². The van der Waals surface area contributed by atoms with Gasteiger partial charge in [0.15, 0.2) is 0 Å². The molecule has 5 aliphatic rings. The van der Waals surface area contributed by atoms with Crippen LogP contribution >= 0.6 is 0 Å². The van der Waals surface area contributed by atoms with Crippen molar-refractivity contribution in [1.29, 1.82) is 0 Å². The summed E-state index contributed by atoms with van der Waals surface area (Å²) >= 11 is 0. The predicted octanol–water partition coefficient (Wildman–Crippen LogP) is 3.27. The van der Waals surface area contributed by atoms with Gasteiger partial charge in [-0.2, -0.15) is 0 Å². The quantitative estimate of drug-likeness (QED) is 0.848. The van der Waals surface area contributed by atoms with Crippen LogP contribution in [0.4, 0.5) is 0 Å². The molecular formula is C18H22O2. The molecule has 106 valence electrons. The van der Waals surface area contributed by atoms with Gasteiger partial charge in [-0.1, -0.05) is 6.07 Å². The SMILES string of the molecule is OC1(c2ccc3c(c2)CCO3)C2CC3CC(C2)CC1C3. The molecule has 0 amide bonds. The van der Waals surface area contributed by atoms with Crippen LogP contribution in [0.2, 0.25) is 0 Å². The van der Waals surface area contributed by atoms with Gasteiger partial charge in [-0.25, -0.2) is 0 Å². The molecular weight excluding hydrogens is 248 g/mol. The summed E-state index contributed by atoms with van der Waals surface area (Å²) in [5.74, 6) is 3.82. The zero-order chi connectivity index (χ0) is 13.3. The van der Waals surface area contributed by atoms with E-state index in [1.54, 1.807) is 0 Å². The molecule has 0 unspecified atom stereocenters. The molecule has 1 heterocycles. The maximum Gasteiger partial charge on any atom is 0.122 e. The lowest BCUT2D eigenvalue weighted by atomic mass is 9.48. The van der Waals surface area contributed by atoms with Crippen LogP contribution in [0.15, 0.2) is 18.2 Å². The molecule has 0 radical (unpaired) electrons. The Morgan fingerprint density at radius 3 is 2.40 bits per heavy atom. The highest BCUT2D eigenvalue weighted by molar-refractivity contribution is 5.42.